The van der Waals surface area contributed by atoms with Gasteiger partial charge in [-0.05, 0) is 75.3 Å². The highest BCUT2D eigenvalue weighted by Crippen LogP contribution is 2.58. The van der Waals surface area contributed by atoms with Gasteiger partial charge in [0.05, 0.1) is 0 Å². The summed E-state index contributed by atoms with van der Waals surface area (Å²) in [6.07, 6.45) is 7.59. The summed E-state index contributed by atoms with van der Waals surface area (Å²) in [7, 11) is 0. The minimum absolute atomic E-state index is 0.0150. The molecule has 1 heterocycles. The van der Waals surface area contributed by atoms with Crippen molar-refractivity contribution >= 4 is 5.57 Å². The van der Waals surface area contributed by atoms with Crippen LogP contribution in [0, 0.1) is 5.92 Å². The van der Waals surface area contributed by atoms with Crippen LogP contribution in [0.15, 0.2) is 115 Å². The number of rotatable bonds is 5. The van der Waals surface area contributed by atoms with Crippen LogP contribution in [-0.4, -0.2) is 15.0 Å². The van der Waals surface area contributed by atoms with Crippen LogP contribution in [0.5, 0.6) is 0 Å². The first-order valence-corrected chi connectivity index (χ1v) is 15.9. The molecule has 1 atom stereocenters. The molecule has 0 bridgehead atoms. The molecular formula is C41H37N3. The lowest BCUT2D eigenvalue weighted by molar-refractivity contribution is 0.404. The molecule has 3 heteroatoms. The van der Waals surface area contributed by atoms with E-state index in [1.54, 1.807) is 0 Å². The van der Waals surface area contributed by atoms with E-state index in [2.05, 4.69) is 101 Å². The minimum atomic E-state index is 0.0150. The molecule has 0 saturated heterocycles. The van der Waals surface area contributed by atoms with Gasteiger partial charge in [0.1, 0.15) is 5.82 Å². The molecular weight excluding hydrogens is 534 g/mol. The Hall–Kier alpha value is -4.63. The van der Waals surface area contributed by atoms with E-state index in [1.807, 2.05) is 36.4 Å². The first kappa shape index (κ1) is 27.0. The average molecular weight is 572 g/mol. The molecule has 3 aliphatic rings. The lowest BCUT2D eigenvalue weighted by Gasteiger charge is -2.31. The number of benzene rings is 4. The van der Waals surface area contributed by atoms with Crippen molar-refractivity contribution in [1.29, 1.82) is 0 Å². The van der Waals surface area contributed by atoms with Gasteiger partial charge in [-0.1, -0.05) is 130 Å². The van der Waals surface area contributed by atoms with Gasteiger partial charge in [0, 0.05) is 23.0 Å². The molecule has 0 saturated carbocycles. The average Bonchev–Trinajstić information content (AvgIpc) is 3.42. The minimum Gasteiger partial charge on any atom is -0.213 e. The second-order valence-corrected chi connectivity index (χ2v) is 13.7. The van der Waals surface area contributed by atoms with E-state index in [0.717, 1.165) is 47.9 Å². The third-order valence-electron chi connectivity index (χ3n) is 10.4. The Morgan fingerprint density at radius 3 is 1.89 bits per heavy atom. The number of hydrogen-bond acceptors (Lipinski definition) is 3. The Bertz CT molecular complexity index is 1920. The highest BCUT2D eigenvalue weighted by atomic mass is 15.0. The first-order chi connectivity index (χ1) is 21.3. The molecule has 0 amide bonds. The third-order valence-corrected chi connectivity index (χ3v) is 10.4. The van der Waals surface area contributed by atoms with Gasteiger partial charge in [0.15, 0.2) is 11.6 Å². The molecule has 0 fully saturated rings. The van der Waals surface area contributed by atoms with Crippen molar-refractivity contribution in [3.8, 4) is 33.9 Å². The Balaban J connectivity index is 1.11. The number of nitrogens with zero attached hydrogens (tertiary/aromatic N) is 3. The number of fused-ring (bicyclic) bond motifs is 6. The Morgan fingerprint density at radius 2 is 1.20 bits per heavy atom. The largest absolute Gasteiger partial charge is 0.213 e. The number of aromatic nitrogens is 3. The summed E-state index contributed by atoms with van der Waals surface area (Å²) in [5.74, 6) is 2.79. The second kappa shape index (κ2) is 9.95. The Kier molecular flexibility index (Phi) is 6.10. The molecule has 0 aliphatic heterocycles. The summed E-state index contributed by atoms with van der Waals surface area (Å²) in [4.78, 5) is 14.7. The Labute approximate surface area is 260 Å². The van der Waals surface area contributed by atoms with E-state index < -0.39 is 0 Å². The van der Waals surface area contributed by atoms with Gasteiger partial charge < -0.3 is 0 Å². The summed E-state index contributed by atoms with van der Waals surface area (Å²) < 4.78 is 0. The van der Waals surface area contributed by atoms with Crippen molar-refractivity contribution in [1.82, 2.24) is 15.0 Å². The highest BCUT2D eigenvalue weighted by molar-refractivity contribution is 5.88. The fourth-order valence-corrected chi connectivity index (χ4v) is 7.81. The normalized spacial score (nSPS) is 18.5. The molecule has 216 valence electrons. The molecule has 0 spiro atoms. The van der Waals surface area contributed by atoms with Crippen molar-refractivity contribution < 1.29 is 0 Å². The SMILES string of the molecule is CC1(C)c2ccccc2-c2cc3c(cc21)C1=CC=C(CCc2nc(-c4ccccc4)nc(-c4ccccc4)n2)CC1C3(C)C. The monoisotopic (exact) mass is 571 g/mol. The van der Waals surface area contributed by atoms with Gasteiger partial charge in [-0.25, -0.2) is 15.0 Å². The van der Waals surface area contributed by atoms with Gasteiger partial charge >= 0.3 is 0 Å². The van der Waals surface area contributed by atoms with Crippen LogP contribution in [-0.2, 0) is 17.3 Å². The van der Waals surface area contributed by atoms with Crippen LogP contribution < -0.4 is 0 Å². The third kappa shape index (κ3) is 4.21. The van der Waals surface area contributed by atoms with E-state index in [-0.39, 0.29) is 10.8 Å². The highest BCUT2D eigenvalue weighted by Gasteiger charge is 2.46. The predicted molar refractivity (Wildman–Crippen MR) is 180 cm³/mol. The van der Waals surface area contributed by atoms with Crippen LogP contribution in [0.1, 0.15) is 68.6 Å². The fourth-order valence-electron chi connectivity index (χ4n) is 7.81. The summed E-state index contributed by atoms with van der Waals surface area (Å²) in [6.45, 7) is 9.65. The molecule has 1 unspecified atom stereocenters. The van der Waals surface area contributed by atoms with Crippen LogP contribution in [0.3, 0.4) is 0 Å². The molecule has 0 radical (unpaired) electrons. The van der Waals surface area contributed by atoms with Gasteiger partial charge in [0.2, 0.25) is 0 Å². The standard InChI is InChI=1S/C41H37N3/c1-40(2)33-18-12-11-17-29(33)31-24-36-32(25-35(31)40)30-21-19-26(23-34(30)41(36,3)4)20-22-37-42-38(27-13-7-5-8-14-27)44-39(43-37)28-15-9-6-10-16-28/h5-19,21,24-25,34H,20,22-23H2,1-4H3. The van der Waals surface area contributed by atoms with Gasteiger partial charge in [-0.3, -0.25) is 0 Å². The van der Waals surface area contributed by atoms with Crippen molar-refractivity contribution in [2.75, 3.05) is 0 Å². The van der Waals surface area contributed by atoms with Crippen LogP contribution >= 0.6 is 0 Å². The summed E-state index contributed by atoms with van der Waals surface area (Å²) >= 11 is 0. The number of hydrogen-bond donors (Lipinski definition) is 0. The molecule has 0 N–H and O–H groups in total. The van der Waals surface area contributed by atoms with Crippen LogP contribution in [0.2, 0.25) is 0 Å². The lowest BCUT2D eigenvalue weighted by atomic mass is 9.72. The van der Waals surface area contributed by atoms with Crippen molar-refractivity contribution in [2.24, 2.45) is 5.92 Å². The topological polar surface area (TPSA) is 38.7 Å². The zero-order valence-corrected chi connectivity index (χ0v) is 25.9. The fraction of sp³-hybridized carbons (Fsp3) is 0.244. The quantitative estimate of drug-likeness (QED) is 0.211. The predicted octanol–water partition coefficient (Wildman–Crippen LogP) is 9.77. The molecule has 3 aliphatic carbocycles. The number of aryl methyl sites for hydroxylation is 1. The smallest absolute Gasteiger partial charge is 0.163 e. The maximum Gasteiger partial charge on any atom is 0.163 e. The maximum absolute atomic E-state index is 4.94. The molecule has 3 nitrogen and oxygen atoms in total. The van der Waals surface area contributed by atoms with Crippen LogP contribution in [0.25, 0.3) is 39.5 Å². The molecule has 44 heavy (non-hydrogen) atoms. The zero-order valence-electron chi connectivity index (χ0n) is 25.9. The molecule has 5 aromatic rings. The van der Waals surface area contributed by atoms with Crippen molar-refractivity contribution in [2.45, 2.75) is 57.8 Å². The van der Waals surface area contributed by atoms with E-state index in [1.165, 1.54) is 44.5 Å². The van der Waals surface area contributed by atoms with Gasteiger partial charge in [0.25, 0.3) is 0 Å². The van der Waals surface area contributed by atoms with Gasteiger partial charge in [-0.15, -0.1) is 0 Å². The van der Waals surface area contributed by atoms with Crippen molar-refractivity contribution in [3.63, 3.8) is 0 Å². The summed E-state index contributed by atoms with van der Waals surface area (Å²) in [6, 6.07) is 34.5. The van der Waals surface area contributed by atoms with E-state index in [9.17, 15) is 0 Å². The molecule has 8 rings (SSSR count). The first-order valence-electron chi connectivity index (χ1n) is 15.9. The lowest BCUT2D eigenvalue weighted by Crippen LogP contribution is -2.25. The van der Waals surface area contributed by atoms with E-state index in [0.29, 0.717) is 5.92 Å². The molecule has 4 aromatic carbocycles. The van der Waals surface area contributed by atoms with E-state index >= 15 is 0 Å². The van der Waals surface area contributed by atoms with Crippen molar-refractivity contribution in [3.05, 3.63) is 143 Å². The van der Waals surface area contributed by atoms with Crippen LogP contribution in [0.4, 0.5) is 0 Å². The van der Waals surface area contributed by atoms with E-state index in [4.69, 9.17) is 15.0 Å². The Morgan fingerprint density at radius 1 is 0.591 bits per heavy atom. The maximum atomic E-state index is 4.94. The van der Waals surface area contributed by atoms with Gasteiger partial charge in [-0.2, -0.15) is 0 Å². The second-order valence-electron chi connectivity index (χ2n) is 13.7. The number of allylic oxidation sites excluding steroid dienone is 4. The summed E-state index contributed by atoms with van der Waals surface area (Å²) in [5, 5.41) is 0. The summed E-state index contributed by atoms with van der Waals surface area (Å²) in [5.41, 5.74) is 13.7. The zero-order chi connectivity index (χ0) is 30.1. The molecule has 1 aromatic heterocycles.